The van der Waals surface area contributed by atoms with Crippen molar-refractivity contribution < 1.29 is 5.11 Å². The maximum Gasteiger partial charge on any atom is 0.0695 e. The maximum atomic E-state index is 10.1. The van der Waals surface area contributed by atoms with E-state index in [0.717, 1.165) is 12.0 Å². The van der Waals surface area contributed by atoms with Gasteiger partial charge in [-0.15, -0.1) is 0 Å². The molecule has 1 rings (SSSR count). The zero-order valence-electron chi connectivity index (χ0n) is 10.2. The molecule has 84 valence electrons. The van der Waals surface area contributed by atoms with Gasteiger partial charge < -0.3 is 10.0 Å². The summed E-state index contributed by atoms with van der Waals surface area (Å²) < 4.78 is 0. The van der Waals surface area contributed by atoms with Crippen LogP contribution in [0.4, 0.5) is 0 Å². The van der Waals surface area contributed by atoms with E-state index in [4.69, 9.17) is 0 Å². The lowest BCUT2D eigenvalue weighted by atomic mass is 9.91. The summed E-state index contributed by atoms with van der Waals surface area (Å²) in [7, 11) is 3.10. The average molecular weight is 215 g/mol. The molecule has 0 bridgehead atoms. The Bertz CT molecular complexity index is 188. The molecule has 1 aliphatic rings. The first-order valence-corrected chi connectivity index (χ1v) is 9.24. The van der Waals surface area contributed by atoms with Gasteiger partial charge in [-0.05, 0) is 32.5 Å². The summed E-state index contributed by atoms with van der Waals surface area (Å²) in [6, 6.07) is 0.391. The molecule has 0 amide bonds. The number of likely N-dealkylation sites (N-methyl/N-ethyl adjacent to an activating group) is 1. The van der Waals surface area contributed by atoms with Crippen molar-refractivity contribution in [2.24, 2.45) is 0 Å². The SMILES string of the molecule is CN(C)C1CCC([Si](C)(C)C)CC1O. The van der Waals surface area contributed by atoms with Crippen LogP contribution in [0.5, 0.6) is 0 Å². The van der Waals surface area contributed by atoms with E-state index < -0.39 is 8.07 Å². The van der Waals surface area contributed by atoms with E-state index in [9.17, 15) is 5.11 Å². The standard InChI is InChI=1S/C11H25NOSi/c1-12(2)10-7-6-9(8-11(10)13)14(3,4)5/h9-11,13H,6-8H2,1-5H3. The molecule has 0 aromatic heterocycles. The van der Waals surface area contributed by atoms with Crippen LogP contribution in [0.15, 0.2) is 0 Å². The van der Waals surface area contributed by atoms with Crippen LogP contribution in [-0.2, 0) is 0 Å². The number of nitrogens with zero attached hydrogens (tertiary/aromatic N) is 1. The Hall–Kier alpha value is 0.137. The summed E-state index contributed by atoms with van der Waals surface area (Å²) in [5, 5.41) is 10.1. The zero-order chi connectivity index (χ0) is 10.9. The second-order valence-corrected chi connectivity index (χ2v) is 11.5. The lowest BCUT2D eigenvalue weighted by molar-refractivity contribution is 0.0428. The molecule has 2 nitrogen and oxygen atoms in total. The third kappa shape index (κ3) is 2.81. The Labute approximate surface area is 89.3 Å². The van der Waals surface area contributed by atoms with Crippen molar-refractivity contribution in [3.63, 3.8) is 0 Å². The highest BCUT2D eigenvalue weighted by atomic mass is 28.3. The Balaban J connectivity index is 2.55. The van der Waals surface area contributed by atoms with Gasteiger partial charge in [-0.1, -0.05) is 26.1 Å². The van der Waals surface area contributed by atoms with Crippen molar-refractivity contribution in [3.05, 3.63) is 0 Å². The van der Waals surface area contributed by atoms with Gasteiger partial charge in [0.2, 0.25) is 0 Å². The van der Waals surface area contributed by atoms with Crippen LogP contribution < -0.4 is 0 Å². The lowest BCUT2D eigenvalue weighted by Gasteiger charge is -2.41. The molecule has 14 heavy (non-hydrogen) atoms. The van der Waals surface area contributed by atoms with Crippen LogP contribution >= 0.6 is 0 Å². The van der Waals surface area contributed by atoms with Gasteiger partial charge >= 0.3 is 0 Å². The van der Waals surface area contributed by atoms with Gasteiger partial charge in [0, 0.05) is 14.1 Å². The normalized spacial score (nSPS) is 34.9. The fourth-order valence-corrected chi connectivity index (χ4v) is 4.50. The largest absolute Gasteiger partial charge is 0.392 e. The molecule has 1 fully saturated rings. The Morgan fingerprint density at radius 1 is 1.14 bits per heavy atom. The number of aliphatic hydroxyl groups is 1. The van der Waals surface area contributed by atoms with Crippen molar-refractivity contribution in [2.75, 3.05) is 14.1 Å². The summed E-state index contributed by atoms with van der Waals surface area (Å²) in [6.45, 7) is 7.25. The highest BCUT2D eigenvalue weighted by Crippen LogP contribution is 2.38. The number of hydrogen-bond acceptors (Lipinski definition) is 2. The van der Waals surface area contributed by atoms with Gasteiger partial charge in [0.05, 0.1) is 6.10 Å². The molecule has 0 spiro atoms. The van der Waals surface area contributed by atoms with E-state index in [1.807, 2.05) is 0 Å². The summed E-state index contributed by atoms with van der Waals surface area (Å²) in [4.78, 5) is 2.17. The first kappa shape index (κ1) is 12.2. The molecular formula is C11H25NOSi. The average Bonchev–Trinajstić information content (AvgIpc) is 2.01. The third-order valence-corrected chi connectivity index (χ3v) is 6.64. The molecule has 3 heteroatoms. The second kappa shape index (κ2) is 4.33. The Kier molecular flexibility index (Phi) is 3.78. The molecule has 1 N–H and O–H groups in total. The third-order valence-electron chi connectivity index (χ3n) is 3.67. The number of rotatable bonds is 2. The van der Waals surface area contributed by atoms with Gasteiger partial charge in [0.15, 0.2) is 0 Å². The molecule has 3 atom stereocenters. The molecule has 1 saturated carbocycles. The predicted octanol–water partition coefficient (Wildman–Crippen LogP) is 2.17. The molecule has 0 aromatic rings. The fraction of sp³-hybridized carbons (Fsp3) is 1.00. The van der Waals surface area contributed by atoms with Gasteiger partial charge in [0.25, 0.3) is 0 Å². The van der Waals surface area contributed by atoms with Gasteiger partial charge in [-0.2, -0.15) is 0 Å². The number of hydrogen-bond donors (Lipinski definition) is 1. The van der Waals surface area contributed by atoms with E-state index in [-0.39, 0.29) is 6.10 Å². The molecule has 0 heterocycles. The summed E-state index contributed by atoms with van der Waals surface area (Å²) >= 11 is 0. The van der Waals surface area contributed by atoms with Crippen LogP contribution in [0.3, 0.4) is 0 Å². The second-order valence-electron chi connectivity index (χ2n) is 5.97. The minimum absolute atomic E-state index is 0.101. The van der Waals surface area contributed by atoms with E-state index in [0.29, 0.717) is 6.04 Å². The number of aliphatic hydroxyl groups excluding tert-OH is 1. The van der Waals surface area contributed by atoms with Crippen LogP contribution in [0, 0.1) is 0 Å². The molecule has 3 unspecified atom stereocenters. The zero-order valence-corrected chi connectivity index (χ0v) is 11.2. The van der Waals surface area contributed by atoms with Crippen molar-refractivity contribution in [1.29, 1.82) is 0 Å². The van der Waals surface area contributed by atoms with E-state index >= 15 is 0 Å². The van der Waals surface area contributed by atoms with Crippen molar-refractivity contribution in [3.8, 4) is 0 Å². The quantitative estimate of drug-likeness (QED) is 0.714. The first-order valence-electron chi connectivity index (χ1n) is 5.67. The molecule has 0 saturated heterocycles. The van der Waals surface area contributed by atoms with Crippen LogP contribution in [-0.4, -0.2) is 44.3 Å². The van der Waals surface area contributed by atoms with Crippen molar-refractivity contribution in [2.45, 2.75) is 56.6 Å². The monoisotopic (exact) mass is 215 g/mol. The minimum Gasteiger partial charge on any atom is -0.392 e. The molecule has 0 aromatic carbocycles. The highest BCUT2D eigenvalue weighted by Gasteiger charge is 2.36. The Morgan fingerprint density at radius 3 is 2.07 bits per heavy atom. The van der Waals surface area contributed by atoms with Crippen LogP contribution in [0.2, 0.25) is 25.2 Å². The fourth-order valence-electron chi connectivity index (χ4n) is 2.52. The predicted molar refractivity (Wildman–Crippen MR) is 64.4 cm³/mol. The van der Waals surface area contributed by atoms with Gasteiger partial charge in [-0.25, -0.2) is 0 Å². The minimum atomic E-state index is -1.04. The summed E-state index contributed by atoms with van der Waals surface area (Å²) in [6.07, 6.45) is 3.41. The first-order chi connectivity index (χ1) is 6.32. The van der Waals surface area contributed by atoms with Crippen LogP contribution in [0.1, 0.15) is 19.3 Å². The van der Waals surface area contributed by atoms with E-state index in [1.54, 1.807) is 0 Å². The molecule has 1 aliphatic carbocycles. The van der Waals surface area contributed by atoms with E-state index in [2.05, 4.69) is 38.6 Å². The van der Waals surface area contributed by atoms with Gasteiger partial charge in [0.1, 0.15) is 0 Å². The summed E-state index contributed by atoms with van der Waals surface area (Å²) in [5.41, 5.74) is 0.814. The molecule has 0 aliphatic heterocycles. The molecular weight excluding hydrogens is 190 g/mol. The van der Waals surface area contributed by atoms with Crippen LogP contribution in [0.25, 0.3) is 0 Å². The highest BCUT2D eigenvalue weighted by molar-refractivity contribution is 6.77. The lowest BCUT2D eigenvalue weighted by Crippen LogP contribution is -2.46. The van der Waals surface area contributed by atoms with Crippen molar-refractivity contribution >= 4 is 8.07 Å². The topological polar surface area (TPSA) is 23.5 Å². The summed E-state index contributed by atoms with van der Waals surface area (Å²) in [5.74, 6) is 0. The maximum absolute atomic E-state index is 10.1. The Morgan fingerprint density at radius 2 is 1.71 bits per heavy atom. The van der Waals surface area contributed by atoms with Crippen molar-refractivity contribution in [1.82, 2.24) is 4.90 Å². The molecule has 0 radical (unpaired) electrons. The van der Waals surface area contributed by atoms with Gasteiger partial charge in [-0.3, -0.25) is 0 Å². The smallest absolute Gasteiger partial charge is 0.0695 e. The van der Waals surface area contributed by atoms with E-state index in [1.165, 1.54) is 12.8 Å².